The standard InChI is InChI=1S/C10H11NO4S.Cs/c1-5(2)7-3-6(12)4-8-9(7)10(13)11-16(8,14)15;/h3-5,12H,1-2H3,(H,11,13);. The molecule has 1 aliphatic rings. The van der Waals surface area contributed by atoms with Gasteiger partial charge in [-0.25, -0.2) is 13.1 Å². The predicted molar refractivity (Wildman–Crippen MR) is 62.6 cm³/mol. The van der Waals surface area contributed by atoms with Crippen molar-refractivity contribution in [3.8, 4) is 5.75 Å². The first-order valence-corrected chi connectivity index (χ1v) is 6.25. The third-order valence-corrected chi connectivity index (χ3v) is 3.84. The molecule has 0 aromatic heterocycles. The summed E-state index contributed by atoms with van der Waals surface area (Å²) >= 11 is 0. The van der Waals surface area contributed by atoms with Crippen molar-refractivity contribution in [2.24, 2.45) is 0 Å². The molecule has 1 aromatic rings. The number of rotatable bonds is 1. The molecule has 5 nitrogen and oxygen atoms in total. The first kappa shape index (κ1) is 15.5. The fourth-order valence-electron chi connectivity index (χ4n) is 1.76. The number of hydrogen-bond donors (Lipinski definition) is 2. The number of carbonyl (C=O) groups excluding carboxylic acids is 1. The number of nitrogens with one attached hydrogen (secondary N) is 1. The zero-order valence-corrected chi connectivity index (χ0v) is 16.9. The number of amides is 1. The van der Waals surface area contributed by atoms with Crippen molar-refractivity contribution in [3.63, 3.8) is 0 Å². The Morgan fingerprint density at radius 3 is 2.41 bits per heavy atom. The van der Waals surface area contributed by atoms with Crippen molar-refractivity contribution >= 4 is 84.8 Å². The maximum atomic E-state index is 11.5. The molecule has 0 fully saturated rings. The van der Waals surface area contributed by atoms with E-state index >= 15 is 0 Å². The van der Waals surface area contributed by atoms with Crippen molar-refractivity contribution in [3.05, 3.63) is 23.3 Å². The summed E-state index contributed by atoms with van der Waals surface area (Å²) in [4.78, 5) is 11.4. The van der Waals surface area contributed by atoms with Crippen LogP contribution < -0.4 is 4.72 Å². The van der Waals surface area contributed by atoms with Gasteiger partial charge in [0.05, 0.1) is 5.56 Å². The van der Waals surface area contributed by atoms with E-state index in [1.165, 1.54) is 6.07 Å². The normalized spacial score (nSPS) is 16.3. The summed E-state index contributed by atoms with van der Waals surface area (Å²) in [5, 5.41) is 9.44. The number of fused-ring (bicyclic) bond motifs is 1. The molecule has 1 amide bonds. The number of sulfonamides is 1. The van der Waals surface area contributed by atoms with E-state index in [9.17, 15) is 18.3 Å². The first-order chi connectivity index (χ1) is 7.33. The Labute approximate surface area is 158 Å². The van der Waals surface area contributed by atoms with Gasteiger partial charge in [-0.05, 0) is 17.5 Å². The number of benzene rings is 1. The third kappa shape index (κ3) is 2.75. The zero-order chi connectivity index (χ0) is 12.1. The van der Waals surface area contributed by atoms with Crippen LogP contribution in [-0.2, 0) is 10.0 Å². The van der Waals surface area contributed by atoms with Gasteiger partial charge in [-0.1, -0.05) is 13.8 Å². The topological polar surface area (TPSA) is 83.5 Å². The van der Waals surface area contributed by atoms with Gasteiger partial charge in [0.15, 0.2) is 0 Å². The van der Waals surface area contributed by atoms with Crippen LogP contribution in [0.1, 0.15) is 35.7 Å². The van der Waals surface area contributed by atoms with Crippen LogP contribution in [0.4, 0.5) is 0 Å². The van der Waals surface area contributed by atoms with Gasteiger partial charge in [0.2, 0.25) is 0 Å². The Morgan fingerprint density at radius 2 is 1.88 bits per heavy atom. The second-order valence-corrected chi connectivity index (χ2v) is 5.65. The quantitative estimate of drug-likeness (QED) is 0.753. The molecular weight excluding hydrogens is 363 g/mol. The Morgan fingerprint density at radius 1 is 1.29 bits per heavy atom. The van der Waals surface area contributed by atoms with Gasteiger partial charge >= 0.3 is 0 Å². The average molecular weight is 374 g/mol. The molecule has 17 heavy (non-hydrogen) atoms. The smallest absolute Gasteiger partial charge is 0.266 e. The van der Waals surface area contributed by atoms with E-state index in [2.05, 4.69) is 0 Å². The monoisotopic (exact) mass is 374 g/mol. The van der Waals surface area contributed by atoms with E-state index < -0.39 is 15.9 Å². The molecule has 1 radical (unpaired) electrons. The van der Waals surface area contributed by atoms with Crippen LogP contribution in [0.3, 0.4) is 0 Å². The minimum Gasteiger partial charge on any atom is -0.508 e. The average Bonchev–Trinajstić information content (AvgIpc) is 2.36. The molecule has 0 bridgehead atoms. The van der Waals surface area contributed by atoms with Crippen LogP contribution in [0.2, 0.25) is 0 Å². The summed E-state index contributed by atoms with van der Waals surface area (Å²) in [6.07, 6.45) is 0. The largest absolute Gasteiger partial charge is 0.508 e. The van der Waals surface area contributed by atoms with Crippen LogP contribution in [0, 0.1) is 0 Å². The van der Waals surface area contributed by atoms with Gasteiger partial charge in [0.1, 0.15) is 10.6 Å². The predicted octanol–water partition coefficient (Wildman–Crippen LogP) is 0.567. The molecule has 0 aliphatic carbocycles. The van der Waals surface area contributed by atoms with E-state index in [1.807, 2.05) is 18.6 Å². The summed E-state index contributed by atoms with van der Waals surface area (Å²) in [6.45, 7) is 3.65. The number of carbonyl (C=O) groups is 1. The van der Waals surface area contributed by atoms with Gasteiger partial charge in [0, 0.05) is 75.0 Å². The molecule has 0 spiro atoms. The first-order valence-electron chi connectivity index (χ1n) is 4.77. The van der Waals surface area contributed by atoms with Crippen LogP contribution in [0.15, 0.2) is 17.0 Å². The van der Waals surface area contributed by atoms with Crippen LogP contribution in [0.25, 0.3) is 0 Å². The third-order valence-electron chi connectivity index (χ3n) is 2.48. The Hall–Kier alpha value is 0.492. The molecule has 2 rings (SSSR count). The van der Waals surface area contributed by atoms with Gasteiger partial charge in [0.25, 0.3) is 15.9 Å². The molecular formula is C10H11CsNO4S. The fraction of sp³-hybridized carbons (Fsp3) is 0.300. The van der Waals surface area contributed by atoms with Crippen molar-refractivity contribution in [2.75, 3.05) is 0 Å². The number of phenolic OH excluding ortho intramolecular Hbond substituents is 1. The second kappa shape index (κ2) is 5.24. The molecule has 0 saturated heterocycles. The van der Waals surface area contributed by atoms with Crippen LogP contribution >= 0.6 is 0 Å². The van der Waals surface area contributed by atoms with Crippen molar-refractivity contribution < 1.29 is 18.3 Å². The molecule has 0 unspecified atom stereocenters. The van der Waals surface area contributed by atoms with E-state index in [0.29, 0.717) is 5.56 Å². The molecule has 1 aromatic carbocycles. The van der Waals surface area contributed by atoms with Crippen molar-refractivity contribution in [1.29, 1.82) is 0 Å². The van der Waals surface area contributed by atoms with E-state index in [-0.39, 0.29) is 91.0 Å². The Kier molecular flexibility index (Phi) is 4.79. The van der Waals surface area contributed by atoms with Crippen molar-refractivity contribution in [2.45, 2.75) is 24.7 Å². The summed E-state index contributed by atoms with van der Waals surface area (Å²) in [5.74, 6) is -0.818. The van der Waals surface area contributed by atoms with Gasteiger partial charge in [-0.3, -0.25) is 4.79 Å². The minimum atomic E-state index is -3.79. The molecule has 0 saturated carbocycles. The molecule has 2 N–H and O–H groups in total. The van der Waals surface area contributed by atoms with Crippen LogP contribution in [0.5, 0.6) is 5.75 Å². The Balaban J connectivity index is 0.00000144. The maximum absolute atomic E-state index is 11.5. The van der Waals surface area contributed by atoms with Gasteiger partial charge < -0.3 is 5.11 Å². The number of hydrogen-bond acceptors (Lipinski definition) is 4. The summed E-state index contributed by atoms with van der Waals surface area (Å²) in [5.41, 5.74) is 0.682. The van der Waals surface area contributed by atoms with Crippen molar-refractivity contribution in [1.82, 2.24) is 4.72 Å². The molecule has 7 heteroatoms. The molecule has 1 aliphatic heterocycles. The molecule has 1 heterocycles. The van der Waals surface area contributed by atoms with E-state index in [1.54, 1.807) is 0 Å². The fourth-order valence-corrected chi connectivity index (χ4v) is 2.97. The minimum absolute atomic E-state index is 0. The summed E-state index contributed by atoms with van der Waals surface area (Å²) in [6, 6.07) is 2.51. The molecule has 0 atom stereocenters. The number of phenols is 1. The summed E-state index contributed by atoms with van der Waals surface area (Å²) in [7, 11) is -3.79. The van der Waals surface area contributed by atoms with E-state index in [0.717, 1.165) is 6.07 Å². The van der Waals surface area contributed by atoms with Crippen LogP contribution in [-0.4, -0.2) is 88.3 Å². The Bertz CT molecular complexity index is 580. The van der Waals surface area contributed by atoms with Gasteiger partial charge in [-0.15, -0.1) is 0 Å². The molecule has 87 valence electrons. The summed E-state index contributed by atoms with van der Waals surface area (Å²) < 4.78 is 25.0. The number of aromatic hydroxyl groups is 1. The second-order valence-electron chi connectivity index (χ2n) is 4.00. The zero-order valence-electron chi connectivity index (χ0n) is 9.81. The van der Waals surface area contributed by atoms with E-state index in [4.69, 9.17) is 0 Å². The maximum Gasteiger partial charge on any atom is 0.266 e. The SMILES string of the molecule is CC(C)c1cc(O)cc2c1C(=O)NS2(=O)=O.[Cs]. The van der Waals surface area contributed by atoms with Gasteiger partial charge in [-0.2, -0.15) is 0 Å².